The number of likely N-dealkylation sites (tertiary alicyclic amines) is 1. The van der Waals surface area contributed by atoms with Gasteiger partial charge in [0.05, 0.1) is 21.9 Å². The van der Waals surface area contributed by atoms with Crippen LogP contribution in [0.2, 0.25) is 0 Å². The monoisotopic (exact) mass is 656 g/mol. The van der Waals surface area contributed by atoms with Crippen molar-refractivity contribution in [2.45, 2.75) is 57.6 Å². The molecule has 0 bridgehead atoms. The van der Waals surface area contributed by atoms with E-state index in [0.717, 1.165) is 58.9 Å². The smallest absolute Gasteiger partial charge is 0.194 e. The molecule has 226 valence electrons. The summed E-state index contributed by atoms with van der Waals surface area (Å²) in [5.41, 5.74) is 11.0. The van der Waals surface area contributed by atoms with Crippen LogP contribution in [0.1, 0.15) is 59.2 Å². The number of piperidine rings is 1. The molecular formula is C35H34BrFN4O3. The number of nitrogens with two attached hydrogens (primary N) is 1. The van der Waals surface area contributed by atoms with Gasteiger partial charge in [-0.15, -0.1) is 0 Å². The molecular weight excluding hydrogens is 623 g/mol. The molecule has 7 rings (SSSR count). The molecule has 3 aromatic carbocycles. The van der Waals surface area contributed by atoms with Gasteiger partial charge in [0.25, 0.3) is 0 Å². The third-order valence-electron chi connectivity index (χ3n) is 9.07. The lowest BCUT2D eigenvalue weighted by Gasteiger charge is -2.41. The highest BCUT2D eigenvalue weighted by atomic mass is 79.9. The van der Waals surface area contributed by atoms with Gasteiger partial charge in [-0.25, -0.2) is 9.07 Å². The number of ether oxygens (including phenoxy) is 2. The molecule has 2 aliphatic carbocycles. The van der Waals surface area contributed by atoms with Crippen molar-refractivity contribution in [3.63, 3.8) is 0 Å². The summed E-state index contributed by atoms with van der Waals surface area (Å²) in [5.74, 6) is 1.16. The quantitative estimate of drug-likeness (QED) is 0.196. The number of nitrogen functional groups attached to an aromatic ring is 1. The number of hydrogen-bond acceptors (Lipinski definition) is 6. The number of para-hydroxylation sites is 1. The highest BCUT2D eigenvalue weighted by Gasteiger charge is 2.30. The Kier molecular flexibility index (Phi) is 7.76. The SMILES string of the molecule is Cc1cc(-n2ncc(C(=O)C3=Cc4cc(OC5CCN(C6CCC6)CC5)c(Br)cc4C3)c2N)ccc1Oc1ccccc1F. The summed E-state index contributed by atoms with van der Waals surface area (Å²) in [7, 11) is 0. The van der Waals surface area contributed by atoms with E-state index in [-0.39, 0.29) is 23.5 Å². The Hall–Kier alpha value is -3.95. The van der Waals surface area contributed by atoms with Crippen LogP contribution in [0.3, 0.4) is 0 Å². The first-order valence-electron chi connectivity index (χ1n) is 15.2. The fourth-order valence-electron chi connectivity index (χ4n) is 6.31. The van der Waals surface area contributed by atoms with Gasteiger partial charge in [0.1, 0.15) is 23.4 Å². The Labute approximate surface area is 264 Å². The molecule has 4 aromatic rings. The van der Waals surface area contributed by atoms with Crippen LogP contribution in [-0.2, 0) is 6.42 Å². The van der Waals surface area contributed by atoms with E-state index in [2.05, 4.69) is 32.0 Å². The van der Waals surface area contributed by atoms with Crippen molar-refractivity contribution < 1.29 is 18.7 Å². The number of halogens is 2. The fraction of sp³-hybridized carbons (Fsp3) is 0.314. The number of fused-ring (bicyclic) bond motifs is 1. The Morgan fingerprint density at radius 1 is 1.02 bits per heavy atom. The topological polar surface area (TPSA) is 82.6 Å². The van der Waals surface area contributed by atoms with Crippen molar-refractivity contribution in [3.8, 4) is 22.9 Å². The van der Waals surface area contributed by atoms with Gasteiger partial charge in [-0.3, -0.25) is 4.79 Å². The largest absolute Gasteiger partial charge is 0.489 e. The zero-order valence-electron chi connectivity index (χ0n) is 24.6. The van der Waals surface area contributed by atoms with Crippen LogP contribution in [0, 0.1) is 12.7 Å². The lowest BCUT2D eigenvalue weighted by Crippen LogP contribution is -2.46. The lowest BCUT2D eigenvalue weighted by molar-refractivity contribution is 0.0490. The van der Waals surface area contributed by atoms with E-state index in [1.807, 2.05) is 25.1 Å². The maximum atomic E-state index is 14.1. The molecule has 0 atom stereocenters. The fourth-order valence-corrected chi connectivity index (χ4v) is 6.79. The number of rotatable bonds is 8. The van der Waals surface area contributed by atoms with Crippen LogP contribution in [0.15, 0.2) is 70.8 Å². The van der Waals surface area contributed by atoms with Crippen LogP contribution in [0.25, 0.3) is 11.8 Å². The summed E-state index contributed by atoms with van der Waals surface area (Å²) in [4.78, 5) is 16.3. The molecule has 2 heterocycles. The number of carbonyl (C=O) groups is 1. The molecule has 0 unspecified atom stereocenters. The van der Waals surface area contributed by atoms with Crippen LogP contribution in [-0.4, -0.2) is 45.7 Å². The zero-order chi connectivity index (χ0) is 30.4. The first kappa shape index (κ1) is 28.8. The summed E-state index contributed by atoms with van der Waals surface area (Å²) in [6.45, 7) is 4.05. The maximum absolute atomic E-state index is 14.1. The minimum absolute atomic E-state index is 0.149. The second-order valence-electron chi connectivity index (χ2n) is 11.9. The number of Topliss-reactive ketones (excluding diaryl/α,β-unsaturated/α-hetero) is 1. The number of carbonyl (C=O) groups excluding carboxylic acids is 1. The normalized spacial score (nSPS) is 17.2. The van der Waals surface area contributed by atoms with Gasteiger partial charge in [0.15, 0.2) is 17.3 Å². The molecule has 3 aliphatic rings. The predicted octanol–water partition coefficient (Wildman–Crippen LogP) is 7.67. The molecule has 1 saturated carbocycles. The second-order valence-corrected chi connectivity index (χ2v) is 12.8. The number of nitrogens with zero attached hydrogens (tertiary/aromatic N) is 3. The average molecular weight is 658 g/mol. The minimum Gasteiger partial charge on any atom is -0.489 e. The Morgan fingerprint density at radius 2 is 1.82 bits per heavy atom. The second kappa shape index (κ2) is 11.9. The molecule has 44 heavy (non-hydrogen) atoms. The zero-order valence-corrected chi connectivity index (χ0v) is 26.1. The van der Waals surface area contributed by atoms with Crippen molar-refractivity contribution in [3.05, 3.63) is 98.9 Å². The number of aromatic nitrogens is 2. The number of ketones is 1. The van der Waals surface area contributed by atoms with E-state index >= 15 is 0 Å². The van der Waals surface area contributed by atoms with Gasteiger partial charge in [-0.1, -0.05) is 18.6 Å². The molecule has 1 aliphatic heterocycles. The molecule has 0 radical (unpaired) electrons. The third kappa shape index (κ3) is 5.55. The number of allylic oxidation sites excluding steroid dienone is 1. The molecule has 9 heteroatoms. The summed E-state index contributed by atoms with van der Waals surface area (Å²) in [5, 5.41) is 4.43. The molecule has 2 N–H and O–H groups in total. The molecule has 7 nitrogen and oxygen atoms in total. The molecule has 1 saturated heterocycles. The standard InChI is InChI=1S/C35H34BrFN4O3/c1-21-15-26(9-10-31(21)44-32-8-3-2-7-30(32)37)41-35(38)28(20-39-41)34(42)24-16-22-18-29(36)33(19-23(22)17-24)43-27-11-13-40(14-12-27)25-5-4-6-25/h2-3,7-10,15,17-20,25,27H,4-6,11-14,16,38H2,1H3. The Morgan fingerprint density at radius 3 is 2.55 bits per heavy atom. The van der Waals surface area contributed by atoms with Gasteiger partial charge >= 0.3 is 0 Å². The van der Waals surface area contributed by atoms with Gasteiger partial charge in [0, 0.05) is 31.1 Å². The summed E-state index contributed by atoms with van der Waals surface area (Å²) in [6, 6.07) is 16.5. The average Bonchev–Trinajstić information content (AvgIpc) is 3.58. The van der Waals surface area contributed by atoms with Crippen LogP contribution < -0.4 is 15.2 Å². The van der Waals surface area contributed by atoms with Crippen molar-refractivity contribution in [1.82, 2.24) is 14.7 Å². The lowest BCUT2D eigenvalue weighted by atomic mass is 9.90. The number of benzene rings is 3. The van der Waals surface area contributed by atoms with Gasteiger partial charge in [-0.05, 0) is 114 Å². The van der Waals surface area contributed by atoms with Crippen molar-refractivity contribution in [1.29, 1.82) is 0 Å². The molecule has 1 aromatic heterocycles. The first-order valence-corrected chi connectivity index (χ1v) is 16.0. The van der Waals surface area contributed by atoms with Crippen molar-refractivity contribution in [2.75, 3.05) is 18.8 Å². The first-order chi connectivity index (χ1) is 21.3. The highest BCUT2D eigenvalue weighted by molar-refractivity contribution is 9.10. The van der Waals surface area contributed by atoms with E-state index in [1.54, 1.807) is 30.3 Å². The summed E-state index contributed by atoms with van der Waals surface area (Å²) >= 11 is 3.70. The van der Waals surface area contributed by atoms with E-state index in [1.165, 1.54) is 36.2 Å². The summed E-state index contributed by atoms with van der Waals surface area (Å²) < 4.78 is 28.7. The molecule has 0 amide bonds. The van der Waals surface area contributed by atoms with E-state index < -0.39 is 5.82 Å². The van der Waals surface area contributed by atoms with E-state index in [0.29, 0.717) is 29.0 Å². The van der Waals surface area contributed by atoms with Gasteiger partial charge in [-0.2, -0.15) is 5.10 Å². The maximum Gasteiger partial charge on any atom is 0.194 e. The van der Waals surface area contributed by atoms with Crippen molar-refractivity contribution >= 4 is 33.6 Å². The number of aryl methyl sites for hydroxylation is 1. The Balaban J connectivity index is 1.04. The van der Waals surface area contributed by atoms with Gasteiger partial charge in [0.2, 0.25) is 0 Å². The van der Waals surface area contributed by atoms with Crippen LogP contribution >= 0.6 is 15.9 Å². The van der Waals surface area contributed by atoms with E-state index in [4.69, 9.17) is 15.2 Å². The minimum atomic E-state index is -0.435. The number of anilines is 1. The molecule has 0 spiro atoms. The van der Waals surface area contributed by atoms with E-state index in [9.17, 15) is 9.18 Å². The van der Waals surface area contributed by atoms with Crippen molar-refractivity contribution in [2.24, 2.45) is 0 Å². The molecule has 2 fully saturated rings. The van der Waals surface area contributed by atoms with Crippen LogP contribution in [0.5, 0.6) is 17.2 Å². The Bertz CT molecular complexity index is 1770. The van der Waals surface area contributed by atoms with Crippen LogP contribution in [0.4, 0.5) is 10.2 Å². The predicted molar refractivity (Wildman–Crippen MR) is 172 cm³/mol. The third-order valence-corrected chi connectivity index (χ3v) is 9.69. The highest BCUT2D eigenvalue weighted by Crippen LogP contribution is 2.38. The van der Waals surface area contributed by atoms with Gasteiger partial charge < -0.3 is 20.1 Å². The summed E-state index contributed by atoms with van der Waals surface area (Å²) in [6.07, 6.45) is 10.3. The number of hydrogen-bond donors (Lipinski definition) is 1.